The number of benzene rings is 1. The van der Waals surface area contributed by atoms with Crippen LogP contribution in [0.25, 0.3) is 0 Å². The van der Waals surface area contributed by atoms with E-state index in [1.807, 2.05) is 12.1 Å². The number of nitrogens with one attached hydrogen (secondary N) is 1. The maximum Gasteiger partial charge on any atom is 0.159 e. The molecule has 1 aromatic carbocycles. The molecule has 2 aromatic rings. The molecule has 0 spiro atoms. The molecule has 1 aliphatic rings. The Morgan fingerprint density at radius 2 is 2.00 bits per heavy atom. The van der Waals surface area contributed by atoms with E-state index >= 15 is 0 Å². The van der Waals surface area contributed by atoms with Gasteiger partial charge in [0, 0.05) is 5.56 Å². The number of rotatable bonds is 7. The lowest BCUT2D eigenvalue weighted by atomic mass is 9.93. The van der Waals surface area contributed by atoms with Crippen LogP contribution in [0, 0.1) is 0 Å². The number of quaternary nitrogens is 1. The molecule has 1 heterocycles. The number of furan rings is 1. The van der Waals surface area contributed by atoms with Crippen LogP contribution < -0.4 is 14.7 Å². The number of hydrogen-bond donors (Lipinski definition) is 1. The highest BCUT2D eigenvalue weighted by atomic mass is 16.5. The molecule has 0 radical (unpaired) electrons. The fourth-order valence-electron chi connectivity index (χ4n) is 3.71. The SMILES string of the molecule is COc1cccc(C[NH+](Cc2ccc(C(=O)[O-])o2)C2CCCCC2)c1. The minimum absolute atomic E-state index is 0.0978. The van der Waals surface area contributed by atoms with Gasteiger partial charge in [0.15, 0.2) is 5.76 Å². The van der Waals surface area contributed by atoms with Crippen LogP contribution in [0.5, 0.6) is 5.75 Å². The summed E-state index contributed by atoms with van der Waals surface area (Å²) in [6.07, 6.45) is 6.22. The number of carbonyl (C=O) groups excluding carboxylic acids is 1. The molecular weight excluding hydrogens is 318 g/mol. The molecule has 25 heavy (non-hydrogen) atoms. The first-order valence-electron chi connectivity index (χ1n) is 8.93. The second-order valence-electron chi connectivity index (χ2n) is 6.75. The molecule has 134 valence electrons. The minimum Gasteiger partial charge on any atom is -0.542 e. The van der Waals surface area contributed by atoms with Crippen LogP contribution in [0.2, 0.25) is 0 Å². The third-order valence-electron chi connectivity index (χ3n) is 5.01. The van der Waals surface area contributed by atoms with Gasteiger partial charge >= 0.3 is 0 Å². The fourth-order valence-corrected chi connectivity index (χ4v) is 3.71. The average molecular weight is 343 g/mol. The maximum absolute atomic E-state index is 10.9. The molecule has 0 saturated heterocycles. The average Bonchev–Trinajstić information content (AvgIpc) is 3.11. The van der Waals surface area contributed by atoms with Gasteiger partial charge in [-0.1, -0.05) is 18.6 Å². The van der Waals surface area contributed by atoms with Crippen molar-refractivity contribution in [2.24, 2.45) is 0 Å². The van der Waals surface area contributed by atoms with Crippen LogP contribution in [-0.4, -0.2) is 19.1 Å². The fraction of sp³-hybridized carbons (Fsp3) is 0.450. The zero-order chi connectivity index (χ0) is 17.6. The lowest BCUT2D eigenvalue weighted by molar-refractivity contribution is -0.954. The van der Waals surface area contributed by atoms with Gasteiger partial charge in [-0.25, -0.2) is 0 Å². The van der Waals surface area contributed by atoms with E-state index in [9.17, 15) is 9.90 Å². The first-order valence-corrected chi connectivity index (χ1v) is 8.93. The number of carbonyl (C=O) groups is 1. The summed E-state index contributed by atoms with van der Waals surface area (Å²) in [6.45, 7) is 1.54. The molecule has 1 aromatic heterocycles. The third-order valence-corrected chi connectivity index (χ3v) is 5.01. The van der Waals surface area contributed by atoms with Crippen molar-refractivity contribution in [2.45, 2.75) is 51.2 Å². The van der Waals surface area contributed by atoms with Crippen molar-refractivity contribution in [1.82, 2.24) is 0 Å². The molecule has 1 saturated carbocycles. The van der Waals surface area contributed by atoms with Crippen LogP contribution >= 0.6 is 0 Å². The van der Waals surface area contributed by atoms with E-state index in [1.54, 1.807) is 13.2 Å². The normalized spacial score (nSPS) is 16.5. The highest BCUT2D eigenvalue weighted by molar-refractivity contribution is 5.82. The summed E-state index contributed by atoms with van der Waals surface area (Å²) < 4.78 is 10.8. The summed E-state index contributed by atoms with van der Waals surface area (Å²) in [5.41, 5.74) is 1.21. The number of ether oxygens (including phenoxy) is 1. The summed E-state index contributed by atoms with van der Waals surface area (Å²) in [7, 11) is 1.68. The van der Waals surface area contributed by atoms with E-state index < -0.39 is 5.97 Å². The van der Waals surface area contributed by atoms with Gasteiger partial charge in [-0.3, -0.25) is 0 Å². The van der Waals surface area contributed by atoms with Gasteiger partial charge in [0.25, 0.3) is 0 Å². The van der Waals surface area contributed by atoms with E-state index in [-0.39, 0.29) is 5.76 Å². The Morgan fingerprint density at radius 3 is 2.68 bits per heavy atom. The van der Waals surface area contributed by atoms with Crippen molar-refractivity contribution in [3.63, 3.8) is 0 Å². The predicted octanol–water partition coefficient (Wildman–Crippen LogP) is 1.57. The maximum atomic E-state index is 10.9. The third kappa shape index (κ3) is 4.63. The quantitative estimate of drug-likeness (QED) is 0.829. The lowest BCUT2D eigenvalue weighted by Crippen LogP contribution is -3.13. The van der Waals surface area contributed by atoms with E-state index in [0.717, 1.165) is 12.3 Å². The molecule has 5 nitrogen and oxygen atoms in total. The number of carboxylic acids is 1. The molecule has 0 aliphatic heterocycles. The van der Waals surface area contributed by atoms with Crippen molar-refractivity contribution in [3.05, 3.63) is 53.5 Å². The number of hydrogen-bond acceptors (Lipinski definition) is 4. The van der Waals surface area contributed by atoms with Gasteiger partial charge in [0.2, 0.25) is 0 Å². The van der Waals surface area contributed by atoms with Gasteiger partial charge < -0.3 is 24.0 Å². The largest absolute Gasteiger partial charge is 0.542 e. The topological polar surface area (TPSA) is 66.9 Å². The zero-order valence-corrected chi connectivity index (χ0v) is 14.6. The molecule has 1 unspecified atom stereocenters. The molecule has 5 heteroatoms. The molecular formula is C20H25NO4. The van der Waals surface area contributed by atoms with Crippen LogP contribution in [0.3, 0.4) is 0 Å². The van der Waals surface area contributed by atoms with Gasteiger partial charge in [-0.2, -0.15) is 0 Å². The Hall–Kier alpha value is -2.27. The van der Waals surface area contributed by atoms with Crippen molar-refractivity contribution >= 4 is 5.97 Å². The summed E-state index contributed by atoms with van der Waals surface area (Å²) in [6, 6.07) is 11.9. The van der Waals surface area contributed by atoms with Crippen LogP contribution in [-0.2, 0) is 13.1 Å². The Morgan fingerprint density at radius 1 is 1.20 bits per heavy atom. The molecule has 0 bridgehead atoms. The predicted molar refractivity (Wildman–Crippen MR) is 91.3 cm³/mol. The highest BCUT2D eigenvalue weighted by Gasteiger charge is 2.26. The number of methoxy groups -OCH3 is 1. The molecule has 1 fully saturated rings. The second kappa shape index (κ2) is 8.21. The van der Waals surface area contributed by atoms with E-state index in [4.69, 9.17) is 9.15 Å². The minimum atomic E-state index is -1.27. The monoisotopic (exact) mass is 343 g/mol. The van der Waals surface area contributed by atoms with E-state index in [1.165, 1.54) is 48.6 Å². The summed E-state index contributed by atoms with van der Waals surface area (Å²) >= 11 is 0. The van der Waals surface area contributed by atoms with Gasteiger partial charge in [-0.05, 0) is 49.9 Å². The van der Waals surface area contributed by atoms with Crippen molar-refractivity contribution in [3.8, 4) is 5.75 Å². The Bertz CT molecular complexity index is 703. The Labute approximate surface area is 148 Å². The Kier molecular flexibility index (Phi) is 5.76. The summed E-state index contributed by atoms with van der Waals surface area (Å²) in [4.78, 5) is 12.3. The summed E-state index contributed by atoms with van der Waals surface area (Å²) in [5.74, 6) is 0.193. The van der Waals surface area contributed by atoms with Crippen LogP contribution in [0.4, 0.5) is 0 Å². The molecule has 0 amide bonds. The van der Waals surface area contributed by atoms with Crippen LogP contribution in [0.1, 0.15) is 54.0 Å². The summed E-state index contributed by atoms with van der Waals surface area (Å²) in [5, 5.41) is 10.9. The number of carboxylic acid groups (broad SMARTS) is 1. The van der Waals surface area contributed by atoms with E-state index in [2.05, 4.69) is 12.1 Å². The second-order valence-corrected chi connectivity index (χ2v) is 6.75. The highest BCUT2D eigenvalue weighted by Crippen LogP contribution is 2.17. The van der Waals surface area contributed by atoms with Crippen molar-refractivity contribution < 1.29 is 24.0 Å². The van der Waals surface area contributed by atoms with Crippen molar-refractivity contribution in [1.29, 1.82) is 0 Å². The molecule has 1 N–H and O–H groups in total. The van der Waals surface area contributed by atoms with Gasteiger partial charge in [0.1, 0.15) is 30.6 Å². The number of aromatic carboxylic acids is 1. The van der Waals surface area contributed by atoms with Gasteiger partial charge in [0.05, 0.1) is 13.2 Å². The van der Waals surface area contributed by atoms with E-state index in [0.29, 0.717) is 18.3 Å². The Balaban J connectivity index is 1.77. The first-order chi connectivity index (χ1) is 12.2. The first kappa shape index (κ1) is 17.5. The zero-order valence-electron chi connectivity index (χ0n) is 14.6. The smallest absolute Gasteiger partial charge is 0.159 e. The van der Waals surface area contributed by atoms with Crippen LogP contribution in [0.15, 0.2) is 40.8 Å². The lowest BCUT2D eigenvalue weighted by Gasteiger charge is -2.31. The molecule has 1 aliphatic carbocycles. The standard InChI is InChI=1S/C20H25NO4/c1-24-17-9-5-6-15(12-17)13-21(16-7-3-2-4-8-16)14-18-10-11-19(25-18)20(22)23/h5-6,9-12,16H,2-4,7-8,13-14H2,1H3,(H,22,23). The van der Waals surface area contributed by atoms with Crippen molar-refractivity contribution in [2.75, 3.05) is 7.11 Å². The molecule has 1 atom stereocenters. The molecule has 3 rings (SSSR count). The van der Waals surface area contributed by atoms with Gasteiger partial charge in [-0.15, -0.1) is 0 Å².